The second-order valence-corrected chi connectivity index (χ2v) is 5.33. The summed E-state index contributed by atoms with van der Waals surface area (Å²) in [5, 5.41) is 15.1. The zero-order chi connectivity index (χ0) is 17.5. The standard InChI is InChI=1S/C17H18N2O5/c1-11(20)12-4-2-5-13(8-12)19-17(23)15(9-16(21)22)18-10-14-6-3-7-24-14/h2-8,15,18H,9-10H2,1H3,(H,19,23)(H,21,22)/t15-/m1/s1. The van der Waals surface area contributed by atoms with Gasteiger partial charge in [0.1, 0.15) is 6.54 Å². The topological polar surface area (TPSA) is 116 Å². The van der Waals surface area contributed by atoms with E-state index in [2.05, 4.69) is 5.32 Å². The largest absolute Gasteiger partial charge is 0.550 e. The molecule has 0 aliphatic rings. The van der Waals surface area contributed by atoms with Crippen molar-refractivity contribution in [3.8, 4) is 0 Å². The molecule has 2 rings (SSSR count). The molecule has 0 aliphatic carbocycles. The molecule has 0 bridgehead atoms. The van der Waals surface area contributed by atoms with Crippen molar-refractivity contribution in [1.29, 1.82) is 0 Å². The van der Waals surface area contributed by atoms with Crippen molar-refractivity contribution in [2.45, 2.75) is 25.9 Å². The maximum Gasteiger partial charge on any atom is 0.283 e. The molecule has 0 radical (unpaired) electrons. The Hall–Kier alpha value is -2.93. The third-order valence-electron chi connectivity index (χ3n) is 3.44. The van der Waals surface area contributed by atoms with Crippen LogP contribution in [0.3, 0.4) is 0 Å². The van der Waals surface area contributed by atoms with Crippen LogP contribution in [0.15, 0.2) is 47.1 Å². The van der Waals surface area contributed by atoms with Crippen molar-refractivity contribution in [3.05, 3.63) is 54.0 Å². The Morgan fingerprint density at radius 1 is 1.25 bits per heavy atom. The minimum Gasteiger partial charge on any atom is -0.550 e. The molecule has 0 spiro atoms. The molecular formula is C17H18N2O5. The third kappa shape index (κ3) is 5.06. The highest BCUT2D eigenvalue weighted by Gasteiger charge is 2.23. The number of aliphatic carboxylic acids is 1. The molecule has 2 aromatic rings. The maximum atomic E-state index is 12.3. The van der Waals surface area contributed by atoms with Gasteiger partial charge in [0.05, 0.1) is 6.26 Å². The van der Waals surface area contributed by atoms with Crippen molar-refractivity contribution < 1.29 is 29.2 Å². The Labute approximate surface area is 138 Å². The van der Waals surface area contributed by atoms with Crippen LogP contribution in [0.5, 0.6) is 0 Å². The molecule has 1 aromatic heterocycles. The number of benzene rings is 1. The van der Waals surface area contributed by atoms with E-state index in [0.29, 0.717) is 23.6 Å². The number of Topliss-reactive ketones (excluding diaryl/α,β-unsaturated/α-hetero) is 1. The Kier molecular flexibility index (Phi) is 5.86. The molecule has 7 nitrogen and oxygen atoms in total. The summed E-state index contributed by atoms with van der Waals surface area (Å²) in [5.74, 6) is -1.29. The Bertz CT molecular complexity index is 724. The summed E-state index contributed by atoms with van der Waals surface area (Å²) in [4.78, 5) is 34.6. The van der Waals surface area contributed by atoms with Crippen LogP contribution in [0.1, 0.15) is 29.5 Å². The molecule has 0 unspecified atom stereocenters. The van der Waals surface area contributed by atoms with Crippen LogP contribution >= 0.6 is 0 Å². The van der Waals surface area contributed by atoms with E-state index in [1.165, 1.54) is 13.2 Å². The summed E-state index contributed by atoms with van der Waals surface area (Å²) in [6.45, 7) is 1.75. The summed E-state index contributed by atoms with van der Waals surface area (Å²) < 4.78 is 5.17. The van der Waals surface area contributed by atoms with Gasteiger partial charge in [-0.2, -0.15) is 0 Å². The van der Waals surface area contributed by atoms with Gasteiger partial charge >= 0.3 is 0 Å². The molecule has 0 saturated heterocycles. The normalized spacial score (nSPS) is 11.7. The fraction of sp³-hybridized carbons (Fsp3) is 0.235. The second-order valence-electron chi connectivity index (χ2n) is 5.33. The number of hydrogen-bond donors (Lipinski definition) is 2. The first-order chi connectivity index (χ1) is 11.5. The highest BCUT2D eigenvalue weighted by molar-refractivity contribution is 5.98. The average Bonchev–Trinajstić information content (AvgIpc) is 3.04. The van der Waals surface area contributed by atoms with E-state index in [-0.39, 0.29) is 5.78 Å². The number of carboxylic acid groups (broad SMARTS) is 1. The van der Waals surface area contributed by atoms with Crippen LogP contribution in [0.4, 0.5) is 5.69 Å². The lowest BCUT2D eigenvalue weighted by molar-refractivity contribution is -0.693. The number of amides is 1. The number of carbonyl (C=O) groups is 3. The highest BCUT2D eigenvalue weighted by Crippen LogP contribution is 2.11. The van der Waals surface area contributed by atoms with Gasteiger partial charge in [-0.05, 0) is 31.2 Å². The highest BCUT2D eigenvalue weighted by atomic mass is 16.4. The SMILES string of the molecule is CC(=O)c1cccc(NC(=O)[C@@H](CC(=O)[O-])[NH2+]Cc2ccco2)c1. The molecule has 1 amide bonds. The molecule has 3 N–H and O–H groups in total. The van der Waals surface area contributed by atoms with Gasteiger partial charge in [0.15, 0.2) is 17.6 Å². The first kappa shape index (κ1) is 17.4. The molecule has 24 heavy (non-hydrogen) atoms. The lowest BCUT2D eigenvalue weighted by Gasteiger charge is -2.16. The lowest BCUT2D eigenvalue weighted by atomic mass is 10.1. The number of carboxylic acids is 1. The molecular weight excluding hydrogens is 312 g/mol. The van der Waals surface area contributed by atoms with E-state index in [4.69, 9.17) is 4.42 Å². The molecule has 1 aromatic carbocycles. The Morgan fingerprint density at radius 3 is 2.67 bits per heavy atom. The number of ketones is 1. The fourth-order valence-electron chi connectivity index (χ4n) is 2.20. The number of hydrogen-bond acceptors (Lipinski definition) is 5. The van der Waals surface area contributed by atoms with Gasteiger partial charge in [-0.3, -0.25) is 9.59 Å². The van der Waals surface area contributed by atoms with Crippen molar-refractivity contribution in [2.75, 3.05) is 5.32 Å². The minimum atomic E-state index is -1.32. The number of nitrogens with two attached hydrogens (primary N) is 1. The third-order valence-corrected chi connectivity index (χ3v) is 3.44. The van der Waals surface area contributed by atoms with Crippen molar-refractivity contribution in [1.82, 2.24) is 0 Å². The van der Waals surface area contributed by atoms with E-state index < -0.39 is 24.3 Å². The molecule has 0 aliphatic heterocycles. The predicted octanol–water partition coefficient (Wildman–Crippen LogP) is -0.307. The van der Waals surface area contributed by atoms with Crippen LogP contribution in [0.2, 0.25) is 0 Å². The van der Waals surface area contributed by atoms with Gasteiger partial charge < -0.3 is 25.0 Å². The second kappa shape index (κ2) is 8.07. The van der Waals surface area contributed by atoms with E-state index in [9.17, 15) is 19.5 Å². The first-order valence-corrected chi connectivity index (χ1v) is 7.43. The smallest absolute Gasteiger partial charge is 0.283 e. The van der Waals surface area contributed by atoms with Gasteiger partial charge in [0.25, 0.3) is 5.91 Å². The summed E-state index contributed by atoms with van der Waals surface area (Å²) in [6, 6.07) is 9.04. The van der Waals surface area contributed by atoms with Gasteiger partial charge in [-0.15, -0.1) is 0 Å². The van der Waals surface area contributed by atoms with Crippen LogP contribution in [-0.2, 0) is 16.1 Å². The number of rotatable bonds is 8. The minimum absolute atomic E-state index is 0.123. The van der Waals surface area contributed by atoms with Crippen molar-refractivity contribution in [3.63, 3.8) is 0 Å². The summed E-state index contributed by atoms with van der Waals surface area (Å²) in [5.41, 5.74) is 0.895. The van der Waals surface area contributed by atoms with Crippen LogP contribution in [0.25, 0.3) is 0 Å². The van der Waals surface area contributed by atoms with E-state index in [1.807, 2.05) is 0 Å². The number of carbonyl (C=O) groups excluding carboxylic acids is 3. The molecule has 0 saturated carbocycles. The zero-order valence-electron chi connectivity index (χ0n) is 13.2. The van der Waals surface area contributed by atoms with E-state index in [0.717, 1.165) is 0 Å². The average molecular weight is 330 g/mol. The molecule has 1 atom stereocenters. The zero-order valence-corrected chi connectivity index (χ0v) is 13.2. The maximum absolute atomic E-state index is 12.3. The fourth-order valence-corrected chi connectivity index (χ4v) is 2.20. The van der Waals surface area contributed by atoms with Crippen LogP contribution in [-0.4, -0.2) is 23.7 Å². The van der Waals surface area contributed by atoms with Gasteiger partial charge in [0, 0.05) is 23.6 Å². The lowest BCUT2D eigenvalue weighted by Crippen LogP contribution is -2.91. The number of nitrogens with one attached hydrogen (secondary N) is 1. The molecule has 1 heterocycles. The van der Waals surface area contributed by atoms with E-state index >= 15 is 0 Å². The molecule has 7 heteroatoms. The Balaban J connectivity index is 2.04. The number of quaternary nitrogens is 1. The first-order valence-electron chi connectivity index (χ1n) is 7.43. The number of furan rings is 1. The van der Waals surface area contributed by atoms with Crippen LogP contribution < -0.4 is 15.7 Å². The van der Waals surface area contributed by atoms with E-state index in [1.54, 1.807) is 41.7 Å². The monoisotopic (exact) mass is 330 g/mol. The quantitative estimate of drug-likeness (QED) is 0.644. The Morgan fingerprint density at radius 2 is 2.04 bits per heavy atom. The summed E-state index contributed by atoms with van der Waals surface area (Å²) in [7, 11) is 0. The van der Waals surface area contributed by atoms with Gasteiger partial charge in [-0.1, -0.05) is 12.1 Å². The van der Waals surface area contributed by atoms with Gasteiger partial charge in [-0.25, -0.2) is 0 Å². The van der Waals surface area contributed by atoms with Crippen molar-refractivity contribution >= 4 is 23.3 Å². The summed E-state index contributed by atoms with van der Waals surface area (Å²) >= 11 is 0. The van der Waals surface area contributed by atoms with Crippen LogP contribution in [0, 0.1) is 0 Å². The molecule has 0 fully saturated rings. The summed E-state index contributed by atoms with van der Waals surface area (Å²) in [6.07, 6.45) is 1.07. The molecule has 126 valence electrons. The van der Waals surface area contributed by atoms with Gasteiger partial charge in [0.2, 0.25) is 0 Å². The number of anilines is 1. The predicted molar refractivity (Wildman–Crippen MR) is 82.8 cm³/mol. The van der Waals surface area contributed by atoms with Crippen molar-refractivity contribution in [2.24, 2.45) is 0 Å².